The van der Waals surface area contributed by atoms with Crippen LogP contribution in [0.2, 0.25) is 5.02 Å². The van der Waals surface area contributed by atoms with Crippen molar-refractivity contribution in [2.75, 3.05) is 23.8 Å². The van der Waals surface area contributed by atoms with E-state index in [-0.39, 0.29) is 18.8 Å². The van der Waals surface area contributed by atoms with Gasteiger partial charge in [0.05, 0.1) is 18.6 Å². The zero-order chi connectivity index (χ0) is 23.5. The van der Waals surface area contributed by atoms with Crippen molar-refractivity contribution in [1.29, 1.82) is 0 Å². The molecule has 2 amide bonds. The van der Waals surface area contributed by atoms with E-state index in [9.17, 15) is 19.2 Å². The Hall–Kier alpha value is -3.39. The molecule has 8 nitrogen and oxygen atoms in total. The van der Waals surface area contributed by atoms with Crippen LogP contribution in [0.4, 0.5) is 11.4 Å². The molecule has 0 spiro atoms. The van der Waals surface area contributed by atoms with Crippen LogP contribution in [0.1, 0.15) is 37.0 Å². The molecule has 0 heterocycles. The quantitative estimate of drug-likeness (QED) is 0.517. The Morgan fingerprint density at radius 2 is 1.38 bits per heavy atom. The molecule has 0 saturated heterocycles. The van der Waals surface area contributed by atoms with Gasteiger partial charge in [-0.25, -0.2) is 4.79 Å². The standard InChI is InChI=1S/C23H25ClN2O6/c1-15(2)13-32-23(30)16-3-7-18(8-4-16)25-20(27)11-12-22(29)31-14-21(28)26-19-9-5-17(24)6-10-19/h3-10,15H,11-14H2,1-2H3,(H,25,27)(H,26,28). The number of carbonyl (C=O) groups excluding carboxylic acids is 4. The number of esters is 2. The average Bonchev–Trinajstić information content (AvgIpc) is 2.76. The lowest BCUT2D eigenvalue weighted by molar-refractivity contribution is -0.147. The zero-order valence-electron chi connectivity index (χ0n) is 17.9. The van der Waals surface area contributed by atoms with Gasteiger partial charge in [0.25, 0.3) is 5.91 Å². The second-order valence-corrected chi connectivity index (χ2v) is 7.77. The van der Waals surface area contributed by atoms with E-state index in [0.717, 1.165) is 0 Å². The Balaban J connectivity index is 1.68. The number of nitrogens with one attached hydrogen (secondary N) is 2. The fourth-order valence-corrected chi connectivity index (χ4v) is 2.53. The maximum absolute atomic E-state index is 12.0. The van der Waals surface area contributed by atoms with Crippen LogP contribution in [0.5, 0.6) is 0 Å². The Morgan fingerprint density at radius 3 is 1.97 bits per heavy atom. The molecule has 0 radical (unpaired) electrons. The van der Waals surface area contributed by atoms with E-state index in [1.54, 1.807) is 48.5 Å². The third kappa shape index (κ3) is 9.18. The molecule has 2 rings (SSSR count). The third-order valence-corrected chi connectivity index (χ3v) is 4.25. The van der Waals surface area contributed by atoms with Gasteiger partial charge in [-0.2, -0.15) is 0 Å². The van der Waals surface area contributed by atoms with Gasteiger partial charge in [0.15, 0.2) is 6.61 Å². The Morgan fingerprint density at radius 1 is 0.812 bits per heavy atom. The fraction of sp³-hybridized carbons (Fsp3) is 0.304. The molecule has 0 aromatic heterocycles. The summed E-state index contributed by atoms with van der Waals surface area (Å²) >= 11 is 5.77. The lowest BCUT2D eigenvalue weighted by atomic mass is 10.2. The molecule has 0 aliphatic carbocycles. The lowest BCUT2D eigenvalue weighted by Crippen LogP contribution is -2.21. The summed E-state index contributed by atoms with van der Waals surface area (Å²) in [6.07, 6.45) is -0.296. The average molecular weight is 461 g/mol. The van der Waals surface area contributed by atoms with Crippen molar-refractivity contribution in [2.24, 2.45) is 5.92 Å². The number of anilines is 2. The SMILES string of the molecule is CC(C)COC(=O)c1ccc(NC(=O)CCC(=O)OCC(=O)Nc2ccc(Cl)cc2)cc1. The number of hydrogen-bond donors (Lipinski definition) is 2. The highest BCUT2D eigenvalue weighted by atomic mass is 35.5. The number of ether oxygens (including phenoxy) is 2. The van der Waals surface area contributed by atoms with Crippen LogP contribution in [-0.4, -0.2) is 37.0 Å². The van der Waals surface area contributed by atoms with Gasteiger partial charge in [0, 0.05) is 22.8 Å². The first kappa shape index (κ1) is 24.9. The number of benzene rings is 2. The smallest absolute Gasteiger partial charge is 0.338 e. The monoisotopic (exact) mass is 460 g/mol. The second kappa shape index (κ2) is 12.5. The molecular formula is C23H25ClN2O6. The summed E-state index contributed by atoms with van der Waals surface area (Å²) in [6.45, 7) is 3.75. The molecule has 2 aromatic rings. The van der Waals surface area contributed by atoms with Crippen LogP contribution in [0.3, 0.4) is 0 Å². The van der Waals surface area contributed by atoms with E-state index < -0.39 is 30.4 Å². The van der Waals surface area contributed by atoms with Crippen molar-refractivity contribution >= 4 is 46.7 Å². The molecular weight excluding hydrogens is 436 g/mol. The molecule has 0 unspecified atom stereocenters. The second-order valence-electron chi connectivity index (χ2n) is 7.33. The number of halogens is 1. The topological polar surface area (TPSA) is 111 Å². The van der Waals surface area contributed by atoms with Crippen molar-refractivity contribution < 1.29 is 28.7 Å². The summed E-state index contributed by atoms with van der Waals surface area (Å²) < 4.78 is 10.0. The van der Waals surface area contributed by atoms with Crippen molar-refractivity contribution in [3.63, 3.8) is 0 Å². The van der Waals surface area contributed by atoms with Gasteiger partial charge in [-0.05, 0) is 54.4 Å². The molecule has 2 aromatic carbocycles. The van der Waals surface area contributed by atoms with Gasteiger partial charge >= 0.3 is 11.9 Å². The van der Waals surface area contributed by atoms with Gasteiger partial charge in [-0.15, -0.1) is 0 Å². The normalized spacial score (nSPS) is 10.4. The highest BCUT2D eigenvalue weighted by molar-refractivity contribution is 6.30. The van der Waals surface area contributed by atoms with Crippen LogP contribution >= 0.6 is 11.6 Å². The van der Waals surface area contributed by atoms with Crippen molar-refractivity contribution in [2.45, 2.75) is 26.7 Å². The van der Waals surface area contributed by atoms with Gasteiger partial charge in [0.2, 0.25) is 5.91 Å². The van der Waals surface area contributed by atoms with E-state index in [1.165, 1.54) is 0 Å². The first-order valence-corrected chi connectivity index (χ1v) is 10.4. The van der Waals surface area contributed by atoms with Gasteiger partial charge in [-0.1, -0.05) is 25.4 Å². The summed E-state index contributed by atoms with van der Waals surface area (Å²) in [4.78, 5) is 47.5. The minimum Gasteiger partial charge on any atom is -0.462 e. The van der Waals surface area contributed by atoms with Crippen molar-refractivity contribution in [3.05, 3.63) is 59.1 Å². The summed E-state index contributed by atoms with van der Waals surface area (Å²) in [7, 11) is 0. The number of amides is 2. The molecule has 0 fully saturated rings. The highest BCUT2D eigenvalue weighted by Crippen LogP contribution is 2.14. The highest BCUT2D eigenvalue weighted by Gasteiger charge is 2.12. The zero-order valence-corrected chi connectivity index (χ0v) is 18.6. The third-order valence-electron chi connectivity index (χ3n) is 4.00. The van der Waals surface area contributed by atoms with Crippen LogP contribution in [0.25, 0.3) is 0 Å². The number of carbonyl (C=O) groups is 4. The molecule has 170 valence electrons. The molecule has 0 aliphatic heterocycles. The first-order valence-electron chi connectivity index (χ1n) is 10.0. The van der Waals surface area contributed by atoms with Gasteiger partial charge in [0.1, 0.15) is 0 Å². The fourth-order valence-electron chi connectivity index (χ4n) is 2.40. The maximum atomic E-state index is 12.0. The minimum absolute atomic E-state index is 0.115. The van der Waals surface area contributed by atoms with E-state index in [2.05, 4.69) is 10.6 Å². The van der Waals surface area contributed by atoms with Crippen LogP contribution in [0.15, 0.2) is 48.5 Å². The van der Waals surface area contributed by atoms with Crippen LogP contribution < -0.4 is 10.6 Å². The molecule has 0 saturated carbocycles. The van der Waals surface area contributed by atoms with Gasteiger partial charge in [-0.3, -0.25) is 14.4 Å². The Labute approximate surface area is 191 Å². The van der Waals surface area contributed by atoms with Crippen molar-refractivity contribution in [1.82, 2.24) is 0 Å². The summed E-state index contributed by atoms with van der Waals surface area (Å²) in [6, 6.07) is 12.7. The Bertz CT molecular complexity index is 942. The minimum atomic E-state index is -0.672. The van der Waals surface area contributed by atoms with Crippen LogP contribution in [-0.2, 0) is 23.9 Å². The summed E-state index contributed by atoms with van der Waals surface area (Å²) in [5.41, 5.74) is 1.38. The molecule has 2 N–H and O–H groups in total. The van der Waals surface area contributed by atoms with E-state index in [1.807, 2.05) is 13.8 Å². The Kier molecular flexibility index (Phi) is 9.69. The lowest BCUT2D eigenvalue weighted by Gasteiger charge is -2.09. The van der Waals surface area contributed by atoms with E-state index >= 15 is 0 Å². The van der Waals surface area contributed by atoms with E-state index in [0.29, 0.717) is 28.6 Å². The molecule has 0 atom stereocenters. The molecule has 0 bridgehead atoms. The molecule has 9 heteroatoms. The van der Waals surface area contributed by atoms with E-state index in [4.69, 9.17) is 21.1 Å². The largest absolute Gasteiger partial charge is 0.462 e. The molecule has 0 aliphatic rings. The predicted molar refractivity (Wildman–Crippen MR) is 120 cm³/mol. The summed E-state index contributed by atoms with van der Waals surface area (Å²) in [5.74, 6) is -1.77. The predicted octanol–water partition coefficient (Wildman–Crippen LogP) is 4.05. The number of hydrogen-bond acceptors (Lipinski definition) is 6. The first-order chi connectivity index (χ1) is 15.2. The summed E-state index contributed by atoms with van der Waals surface area (Å²) in [5, 5.41) is 5.72. The molecule has 32 heavy (non-hydrogen) atoms. The maximum Gasteiger partial charge on any atom is 0.338 e. The van der Waals surface area contributed by atoms with Gasteiger partial charge < -0.3 is 20.1 Å². The van der Waals surface area contributed by atoms with Crippen molar-refractivity contribution in [3.8, 4) is 0 Å². The van der Waals surface area contributed by atoms with Crippen LogP contribution in [0, 0.1) is 5.92 Å². The number of rotatable bonds is 10.